The van der Waals surface area contributed by atoms with Crippen LogP contribution in [-0.2, 0) is 19.6 Å². The number of carbonyl (C=O) groups excluding carboxylic acids is 1. The first-order valence-electron chi connectivity index (χ1n) is 6.40. The summed E-state index contributed by atoms with van der Waals surface area (Å²) < 4.78 is 27.9. The summed E-state index contributed by atoms with van der Waals surface area (Å²) in [5.74, 6) is -0.347. The Labute approximate surface area is 118 Å². The molecule has 1 atom stereocenters. The fourth-order valence-electron chi connectivity index (χ4n) is 2.10. The van der Waals surface area contributed by atoms with Crippen LogP contribution in [0.25, 0.3) is 0 Å². The number of benzene rings is 1. The van der Waals surface area contributed by atoms with E-state index in [9.17, 15) is 13.2 Å². The molecular weight excluding hydrogens is 280 g/mol. The lowest BCUT2D eigenvalue weighted by Gasteiger charge is -2.21. The minimum atomic E-state index is -3.78. The van der Waals surface area contributed by atoms with Crippen molar-refractivity contribution in [1.82, 2.24) is 0 Å². The average molecular weight is 298 g/mol. The number of primary sulfonamides is 1. The van der Waals surface area contributed by atoms with Gasteiger partial charge in [-0.15, -0.1) is 0 Å². The quantitative estimate of drug-likeness (QED) is 0.870. The van der Waals surface area contributed by atoms with Gasteiger partial charge in [0.05, 0.1) is 17.4 Å². The van der Waals surface area contributed by atoms with Crippen molar-refractivity contribution in [3.63, 3.8) is 0 Å². The van der Waals surface area contributed by atoms with Crippen LogP contribution in [0.5, 0.6) is 0 Å². The Morgan fingerprint density at radius 1 is 1.45 bits per heavy atom. The molecule has 1 fully saturated rings. The molecule has 0 radical (unpaired) electrons. The predicted molar refractivity (Wildman–Crippen MR) is 74.7 cm³/mol. The van der Waals surface area contributed by atoms with E-state index >= 15 is 0 Å². The number of anilines is 1. The number of hydrogen-bond donors (Lipinski definition) is 2. The SMILES string of the molecule is Cc1ccc(S(N)(=O)=O)cc1NC(=O)C1CCCOC1. The number of nitrogens with one attached hydrogen (secondary N) is 1. The van der Waals surface area contributed by atoms with Gasteiger partial charge in [-0.3, -0.25) is 4.79 Å². The van der Waals surface area contributed by atoms with Gasteiger partial charge >= 0.3 is 0 Å². The first-order chi connectivity index (χ1) is 9.38. The van der Waals surface area contributed by atoms with Crippen LogP contribution in [-0.4, -0.2) is 27.5 Å². The van der Waals surface area contributed by atoms with Crippen molar-refractivity contribution >= 4 is 21.6 Å². The van der Waals surface area contributed by atoms with Gasteiger partial charge < -0.3 is 10.1 Å². The maximum absolute atomic E-state index is 12.1. The van der Waals surface area contributed by atoms with Gasteiger partial charge in [0.25, 0.3) is 0 Å². The first kappa shape index (κ1) is 15.0. The van der Waals surface area contributed by atoms with Crippen molar-refractivity contribution in [2.45, 2.75) is 24.7 Å². The largest absolute Gasteiger partial charge is 0.381 e. The lowest BCUT2D eigenvalue weighted by molar-refractivity contribution is -0.123. The Morgan fingerprint density at radius 3 is 2.80 bits per heavy atom. The number of rotatable bonds is 3. The van der Waals surface area contributed by atoms with Gasteiger partial charge in [-0.25, -0.2) is 13.6 Å². The number of carbonyl (C=O) groups is 1. The standard InChI is InChI=1S/C13H18N2O4S/c1-9-4-5-11(20(14,17)18)7-12(9)15-13(16)10-3-2-6-19-8-10/h4-5,7,10H,2-3,6,8H2,1H3,(H,15,16)(H2,14,17,18). The highest BCUT2D eigenvalue weighted by atomic mass is 32.2. The van der Waals surface area contributed by atoms with Crippen molar-refractivity contribution in [1.29, 1.82) is 0 Å². The molecule has 1 heterocycles. The van der Waals surface area contributed by atoms with Gasteiger partial charge in [-0.2, -0.15) is 0 Å². The third-order valence-electron chi connectivity index (χ3n) is 3.33. The van der Waals surface area contributed by atoms with E-state index < -0.39 is 10.0 Å². The number of sulfonamides is 1. The summed E-state index contributed by atoms with van der Waals surface area (Å²) in [7, 11) is -3.78. The summed E-state index contributed by atoms with van der Waals surface area (Å²) in [5, 5.41) is 7.84. The molecule has 20 heavy (non-hydrogen) atoms. The molecule has 7 heteroatoms. The first-order valence-corrected chi connectivity index (χ1v) is 7.94. The van der Waals surface area contributed by atoms with Gasteiger partial charge in [0, 0.05) is 12.3 Å². The van der Waals surface area contributed by atoms with Crippen LogP contribution < -0.4 is 10.5 Å². The van der Waals surface area contributed by atoms with Gasteiger partial charge in [-0.05, 0) is 37.5 Å². The molecule has 1 amide bonds. The normalized spacial score (nSPS) is 19.6. The zero-order valence-electron chi connectivity index (χ0n) is 11.3. The summed E-state index contributed by atoms with van der Waals surface area (Å²) >= 11 is 0. The van der Waals surface area contributed by atoms with E-state index in [1.165, 1.54) is 12.1 Å². The fourth-order valence-corrected chi connectivity index (χ4v) is 2.63. The molecule has 1 saturated heterocycles. The molecule has 0 bridgehead atoms. The fraction of sp³-hybridized carbons (Fsp3) is 0.462. The second-order valence-electron chi connectivity index (χ2n) is 4.93. The molecule has 0 spiro atoms. The van der Waals surface area contributed by atoms with Gasteiger partial charge in [0.1, 0.15) is 0 Å². The number of nitrogens with two attached hydrogens (primary N) is 1. The highest BCUT2D eigenvalue weighted by Gasteiger charge is 2.22. The molecule has 1 aromatic rings. The highest BCUT2D eigenvalue weighted by Crippen LogP contribution is 2.22. The summed E-state index contributed by atoms with van der Waals surface area (Å²) in [4.78, 5) is 12.1. The van der Waals surface area contributed by atoms with E-state index in [1.54, 1.807) is 13.0 Å². The van der Waals surface area contributed by atoms with Crippen molar-refractivity contribution in [3.8, 4) is 0 Å². The van der Waals surface area contributed by atoms with E-state index in [2.05, 4.69) is 5.32 Å². The Bertz CT molecular complexity index is 607. The Balaban J connectivity index is 2.18. The van der Waals surface area contributed by atoms with Crippen molar-refractivity contribution in [2.24, 2.45) is 11.1 Å². The molecule has 2 rings (SSSR count). The number of ether oxygens (including phenoxy) is 1. The number of aryl methyl sites for hydroxylation is 1. The lowest BCUT2D eigenvalue weighted by Crippen LogP contribution is -2.30. The average Bonchev–Trinajstić information content (AvgIpc) is 2.41. The number of hydrogen-bond acceptors (Lipinski definition) is 4. The molecule has 0 aromatic heterocycles. The van der Waals surface area contributed by atoms with Crippen molar-refractivity contribution in [2.75, 3.05) is 18.5 Å². The second kappa shape index (κ2) is 5.90. The van der Waals surface area contributed by atoms with Crippen LogP contribution in [0.2, 0.25) is 0 Å². The summed E-state index contributed by atoms with van der Waals surface area (Å²) in [6.07, 6.45) is 1.63. The zero-order chi connectivity index (χ0) is 14.8. The molecule has 1 aliphatic heterocycles. The zero-order valence-corrected chi connectivity index (χ0v) is 12.1. The van der Waals surface area contributed by atoms with E-state index in [0.29, 0.717) is 18.9 Å². The minimum Gasteiger partial charge on any atom is -0.381 e. The molecule has 0 aliphatic carbocycles. The highest BCUT2D eigenvalue weighted by molar-refractivity contribution is 7.89. The molecule has 6 nitrogen and oxygen atoms in total. The summed E-state index contributed by atoms with van der Waals surface area (Å²) in [5.41, 5.74) is 1.24. The minimum absolute atomic E-state index is 0.0155. The maximum atomic E-state index is 12.1. The van der Waals surface area contributed by atoms with Crippen molar-refractivity contribution in [3.05, 3.63) is 23.8 Å². The van der Waals surface area contributed by atoms with Gasteiger partial charge in [0.15, 0.2) is 0 Å². The van der Waals surface area contributed by atoms with Crippen LogP contribution in [0.1, 0.15) is 18.4 Å². The van der Waals surface area contributed by atoms with E-state index in [1.807, 2.05) is 0 Å². The Morgan fingerprint density at radius 2 is 2.20 bits per heavy atom. The lowest BCUT2D eigenvalue weighted by atomic mass is 10.0. The van der Waals surface area contributed by atoms with Gasteiger partial charge in [0.2, 0.25) is 15.9 Å². The monoisotopic (exact) mass is 298 g/mol. The van der Waals surface area contributed by atoms with Crippen LogP contribution in [0.15, 0.2) is 23.1 Å². The molecule has 1 aromatic carbocycles. The van der Waals surface area contributed by atoms with Gasteiger partial charge in [-0.1, -0.05) is 6.07 Å². The third-order valence-corrected chi connectivity index (χ3v) is 4.24. The second-order valence-corrected chi connectivity index (χ2v) is 6.49. The van der Waals surface area contributed by atoms with Crippen LogP contribution >= 0.6 is 0 Å². The van der Waals surface area contributed by atoms with Crippen LogP contribution in [0.4, 0.5) is 5.69 Å². The Hall–Kier alpha value is -1.44. The van der Waals surface area contributed by atoms with E-state index in [0.717, 1.165) is 18.4 Å². The smallest absolute Gasteiger partial charge is 0.238 e. The topological polar surface area (TPSA) is 98.5 Å². The molecule has 3 N–H and O–H groups in total. The van der Waals surface area contributed by atoms with Crippen LogP contribution in [0.3, 0.4) is 0 Å². The van der Waals surface area contributed by atoms with E-state index in [4.69, 9.17) is 9.88 Å². The molecule has 1 unspecified atom stereocenters. The Kier molecular flexibility index (Phi) is 4.42. The molecule has 110 valence electrons. The molecule has 1 aliphatic rings. The third kappa shape index (κ3) is 3.56. The number of amides is 1. The predicted octanol–water partition coefficient (Wildman–Crippen LogP) is 1.01. The molecule has 0 saturated carbocycles. The summed E-state index contributed by atoms with van der Waals surface area (Å²) in [6, 6.07) is 4.42. The summed E-state index contributed by atoms with van der Waals surface area (Å²) in [6.45, 7) is 2.88. The van der Waals surface area contributed by atoms with Crippen molar-refractivity contribution < 1.29 is 17.9 Å². The maximum Gasteiger partial charge on any atom is 0.238 e. The molecular formula is C13H18N2O4S. The van der Waals surface area contributed by atoms with Crippen LogP contribution in [0, 0.1) is 12.8 Å². The van der Waals surface area contributed by atoms with E-state index in [-0.39, 0.29) is 16.7 Å².